The number of hydrogen-bond acceptors (Lipinski definition) is 9. The fourth-order valence-electron chi connectivity index (χ4n) is 5.84. The molecule has 0 amide bonds. The molecule has 0 unspecified atom stereocenters. The molecular weight excluding hydrogens is 2350 g/mol. The van der Waals surface area contributed by atoms with Crippen LogP contribution in [0.25, 0.3) is 21.8 Å². The van der Waals surface area contributed by atoms with Crippen LogP contribution in [-0.2, 0) is 473 Å². The van der Waals surface area contributed by atoms with Crippen LogP contribution in [0.5, 0.6) is 0 Å². The normalized spacial score (nSPS) is 9.14. The summed E-state index contributed by atoms with van der Waals surface area (Å²) in [6.07, 6.45) is 0. The van der Waals surface area contributed by atoms with Gasteiger partial charge in [-0.2, -0.15) is 0 Å². The van der Waals surface area contributed by atoms with Crippen LogP contribution in [0.15, 0.2) is 141 Å². The lowest BCUT2D eigenvalue weighted by atomic mass is 10.2. The first-order valence-electron chi connectivity index (χ1n) is 23.6. The number of nitrogens with zero attached hydrogens (tertiary/aromatic N) is 1. The molecule has 2 N–H and O–H groups in total. The van der Waals surface area contributed by atoms with Crippen LogP contribution in [0.1, 0.15) is 40.9 Å². The second-order valence-electron chi connectivity index (χ2n) is 14.1. The van der Waals surface area contributed by atoms with E-state index in [0.717, 1.165) is 15.4 Å². The number of rotatable bonds is 9. The van der Waals surface area contributed by atoms with E-state index in [-0.39, 0.29) is 25.5 Å². The first-order valence-corrected chi connectivity index (χ1v) is 91.0. The Labute approximate surface area is 754 Å². The number of H-pyrrole nitrogens is 1. The summed E-state index contributed by atoms with van der Waals surface area (Å²) in [4.78, 5) is 30.4. The molecule has 7 aromatic rings. The highest BCUT2D eigenvalue weighted by atomic mass is 35.5. The van der Waals surface area contributed by atoms with Gasteiger partial charge in [-0.15, -0.1) is 0 Å². The lowest BCUT2D eigenvalue weighted by Gasteiger charge is -2.09. The van der Waals surface area contributed by atoms with Gasteiger partial charge in [0.15, 0.2) is 0 Å². The molecule has 0 saturated carbocycles. The van der Waals surface area contributed by atoms with Crippen LogP contribution >= 0.6 is 35.1 Å². The number of ether oxygens (including phenoxy) is 1. The summed E-state index contributed by atoms with van der Waals surface area (Å²) in [6.45, 7) is 2.39. The van der Waals surface area contributed by atoms with Gasteiger partial charge in [-0.05, 0) is 85.3 Å². The summed E-state index contributed by atoms with van der Waals surface area (Å²) in [5.41, 5.74) is 2.79. The molecular formula is C40H33ClF2N2O4S53. The molecule has 7 rings (SSSR count). The highest BCUT2D eigenvalue weighted by Gasteiger charge is 2.24. The number of carboxylic acid groups (broad SMARTS) is 1. The number of hydrogen-bond donors (Lipinski definition) is 2. The predicted molar refractivity (Wildman–Crippen MR) is 577 cm³/mol. The second kappa shape index (κ2) is 71.3. The summed E-state index contributed by atoms with van der Waals surface area (Å²) in [6, 6.07) is 35.1. The number of carbonyl (C=O) groups is 2. The van der Waals surface area contributed by atoms with Crippen LogP contribution in [0.4, 0.5) is 8.78 Å². The maximum atomic E-state index is 14.0. The first kappa shape index (κ1) is 102. The van der Waals surface area contributed by atoms with Crippen molar-refractivity contribution < 1.29 is 28.2 Å². The second-order valence-corrected chi connectivity index (χ2v) is 99.9. The molecule has 102 heavy (non-hydrogen) atoms. The molecule has 0 aliphatic carbocycles. The number of carbonyl (C=O) groups excluding carboxylic acids is 1. The summed E-state index contributed by atoms with van der Waals surface area (Å²) < 4.78 is 34.4. The maximum absolute atomic E-state index is 14.0. The SMILES string of the molecule is C.CCOC(=O)c1[nH]c2ccc(F)cc2c1Sc1ccccc1.O=C(O)c1c(Sc2ccccc2)c2cc(F)ccc2n1Cc1ccc(Cl)cc1.S=S=S=S=S=S=S=S=S=S.S=S=S=S=S=S=S=S=S=S=S=S=S=S=S=S=S=S=S=S=S=S=S=S=S=S=S=S=S=S=S=S=S=S=S=S=S=S=S=S=S. The zero-order chi connectivity index (χ0) is 72.4. The maximum Gasteiger partial charge on any atom is 0.355 e. The number of fused-ring (bicyclic) bond motifs is 2. The van der Waals surface area contributed by atoms with Crippen LogP contribution in [0.3, 0.4) is 0 Å². The molecule has 0 atom stereocenters. The zero-order valence-electron chi connectivity index (χ0n) is 47.4. The molecule has 62 heteroatoms. The van der Waals surface area contributed by atoms with E-state index >= 15 is 0 Å². The highest BCUT2D eigenvalue weighted by molar-refractivity contribution is 8.81. The van der Waals surface area contributed by atoms with Gasteiger partial charge < -0.3 is 19.4 Å². The lowest BCUT2D eigenvalue weighted by Crippen LogP contribution is -2.10. The highest BCUT2D eigenvalue weighted by Crippen LogP contribution is 2.40. The van der Waals surface area contributed by atoms with Crippen molar-refractivity contribution in [2.45, 2.75) is 40.5 Å². The first-order chi connectivity index (χ1) is 49.5. The van der Waals surface area contributed by atoms with E-state index in [9.17, 15) is 23.5 Å². The number of nitrogens with one attached hydrogen (secondary N) is 1. The van der Waals surface area contributed by atoms with Crippen molar-refractivity contribution in [1.29, 1.82) is 0 Å². The predicted octanol–water partition coefficient (Wildman–Crippen LogP) is 11.5. The van der Waals surface area contributed by atoms with Crippen LogP contribution in [0.2, 0.25) is 5.02 Å². The number of esters is 1. The molecule has 0 bridgehead atoms. The van der Waals surface area contributed by atoms with Gasteiger partial charge in [-0.1, -0.05) is 91.1 Å². The van der Waals surface area contributed by atoms with Crippen LogP contribution in [-0.4, -0.2) is 33.2 Å². The number of halogens is 3. The molecule has 0 aliphatic rings. The average molecular weight is 2380 g/mol. The summed E-state index contributed by atoms with van der Waals surface area (Å²) in [5.74, 6) is -2.22. The summed E-state index contributed by atoms with van der Waals surface area (Å²) >= 11 is 27.6. The Bertz CT molecular complexity index is 6300. The van der Waals surface area contributed by atoms with Gasteiger partial charge >= 0.3 is 11.9 Å². The Morgan fingerprint density at radius 3 is 1.07 bits per heavy atom. The van der Waals surface area contributed by atoms with E-state index in [1.165, 1.54) is 83.3 Å². The Kier molecular flexibility index (Phi) is 71.6. The standard InChI is InChI=1S/C22H15ClFNO2S.C17H14FNO2S.CH4.S41.S10/c23-15-8-6-14(7-9-15)13-25-19-11-10-16(24)12-18(19)21(20(25)22(26)27)28-17-4-2-1-3-5-17;1-2-21-17(20)15-16(22-12-6-4-3-5-7-12)13-10-11(18)8-9-14(13)19-15;;1-3-5-7-9-11-13-15-17-19-21-23-25-27-29-31-33-35-37-39-41-40-38-36-34-32-30-28-26-24-22-20-18-16-14-12-10-8-6-4-2;1-3-5-7-9-10-8-6-4-2/h1-12H,13H2,(H,26,27);3-10,19H,2H2,1H3;1H4;;. The van der Waals surface area contributed by atoms with Crippen molar-refractivity contribution in [2.75, 3.05) is 6.61 Å². The number of aromatic nitrogens is 2. The quantitative estimate of drug-likeness (QED) is 0.136. The summed E-state index contributed by atoms with van der Waals surface area (Å²) in [7, 11) is 81.9. The monoisotopic (exact) mass is 2370 g/mol. The molecule has 0 fully saturated rings. The molecule has 5 aromatic carbocycles. The zero-order valence-corrected chi connectivity index (χ0v) is 91.4. The Morgan fingerprint density at radius 2 is 0.745 bits per heavy atom. The van der Waals surface area contributed by atoms with E-state index in [1.54, 1.807) is 196 Å². The fraction of sp³-hybridized carbons (Fsp3) is 0.100. The third kappa shape index (κ3) is 49.4. The van der Waals surface area contributed by atoms with Crippen molar-refractivity contribution in [3.8, 4) is 0 Å². The fourth-order valence-corrected chi connectivity index (χ4v) is 126. The molecule has 566 valence electrons. The lowest BCUT2D eigenvalue weighted by molar-refractivity contribution is 0.0516. The topological polar surface area (TPSA) is 84.3 Å². The molecule has 0 aliphatic heterocycles. The minimum atomic E-state index is -1.05. The molecule has 2 aromatic heterocycles. The Balaban J connectivity index is 0.000000383. The van der Waals surface area contributed by atoms with Crippen molar-refractivity contribution in [1.82, 2.24) is 9.55 Å². The van der Waals surface area contributed by atoms with Crippen molar-refractivity contribution in [2.24, 2.45) is 0 Å². The van der Waals surface area contributed by atoms with E-state index in [4.69, 9.17) is 38.7 Å². The minimum absolute atomic E-state index is 0. The Hall–Kier alpha value is 6.19. The average Bonchev–Trinajstić information content (AvgIpc) is 1.58. The Morgan fingerprint density at radius 1 is 0.431 bits per heavy atom. The molecule has 0 radical (unpaired) electrons. The van der Waals surface area contributed by atoms with E-state index in [1.807, 2.05) is 295 Å². The van der Waals surface area contributed by atoms with E-state index in [0.29, 0.717) is 48.9 Å². The van der Waals surface area contributed by atoms with Crippen LogP contribution in [0, 0.1) is 11.6 Å². The van der Waals surface area contributed by atoms with Crippen molar-refractivity contribution in [3.05, 3.63) is 155 Å². The number of carboxylic acids is 1. The van der Waals surface area contributed by atoms with Gasteiger partial charge in [-0.3, -0.25) is 0 Å². The van der Waals surface area contributed by atoms with Gasteiger partial charge in [0, 0.05) is 500 Å². The largest absolute Gasteiger partial charge is 0.477 e. The smallest absolute Gasteiger partial charge is 0.355 e. The number of aromatic amines is 1. The molecule has 0 saturated heterocycles. The van der Waals surface area contributed by atoms with Crippen molar-refractivity contribution >= 4 is 531 Å². The van der Waals surface area contributed by atoms with E-state index < -0.39 is 17.8 Å². The number of aromatic carboxylic acids is 1. The van der Waals surface area contributed by atoms with Gasteiger partial charge in [0.1, 0.15) is 23.0 Å². The van der Waals surface area contributed by atoms with Gasteiger partial charge in [-0.25, -0.2) is 18.4 Å². The van der Waals surface area contributed by atoms with Gasteiger partial charge in [0.05, 0.1) is 21.9 Å². The van der Waals surface area contributed by atoms with Gasteiger partial charge in [0.2, 0.25) is 0 Å². The third-order valence-corrected chi connectivity index (χ3v) is 111. The minimum Gasteiger partial charge on any atom is -0.477 e. The molecule has 6 nitrogen and oxygen atoms in total. The van der Waals surface area contributed by atoms with Crippen molar-refractivity contribution in [3.63, 3.8) is 0 Å². The summed E-state index contributed by atoms with van der Waals surface area (Å²) in [5, 5.41) is 11.8. The molecule has 0 spiro atoms. The number of benzene rings is 5. The third-order valence-electron chi connectivity index (χ3n) is 8.80. The van der Waals surface area contributed by atoms with Crippen LogP contribution < -0.4 is 0 Å². The molecule has 2 heterocycles. The van der Waals surface area contributed by atoms with Gasteiger partial charge in [0.25, 0.3) is 0 Å². The van der Waals surface area contributed by atoms with E-state index in [2.05, 4.69) is 27.4 Å².